The predicted molar refractivity (Wildman–Crippen MR) is 98.3 cm³/mol. The summed E-state index contributed by atoms with van der Waals surface area (Å²) >= 11 is 0. The van der Waals surface area contributed by atoms with Gasteiger partial charge in [-0.3, -0.25) is 4.99 Å². The molecule has 0 aliphatic rings. The fourth-order valence-corrected chi connectivity index (χ4v) is 2.09. The van der Waals surface area contributed by atoms with Crippen molar-refractivity contribution < 1.29 is 4.74 Å². The number of hydrogen-bond donors (Lipinski definition) is 2. The van der Waals surface area contributed by atoms with E-state index in [1.165, 1.54) is 5.56 Å². The van der Waals surface area contributed by atoms with Gasteiger partial charge in [-0.2, -0.15) is 0 Å². The number of hydrogen-bond acceptors (Lipinski definition) is 3. The quantitative estimate of drug-likeness (QED) is 0.570. The zero-order valence-electron chi connectivity index (χ0n) is 15.4. The highest BCUT2D eigenvalue weighted by Gasteiger charge is 2.07. The molecule has 23 heavy (non-hydrogen) atoms. The first-order chi connectivity index (χ1) is 11.0. The molecule has 0 spiro atoms. The summed E-state index contributed by atoms with van der Waals surface area (Å²) in [6.45, 7) is 11.9. The summed E-state index contributed by atoms with van der Waals surface area (Å²) in [5.74, 6) is 1.75. The minimum Gasteiger partial charge on any atom is -0.491 e. The molecule has 0 fully saturated rings. The molecule has 0 aliphatic heterocycles. The van der Waals surface area contributed by atoms with Crippen molar-refractivity contribution >= 4 is 5.96 Å². The Morgan fingerprint density at radius 3 is 2.65 bits per heavy atom. The molecule has 0 saturated heterocycles. The fraction of sp³-hybridized carbons (Fsp3) is 0.611. The minimum atomic E-state index is 0.164. The summed E-state index contributed by atoms with van der Waals surface area (Å²) in [4.78, 5) is 6.53. The van der Waals surface area contributed by atoms with Crippen LogP contribution in [0.25, 0.3) is 0 Å². The van der Waals surface area contributed by atoms with Crippen LogP contribution in [0.15, 0.2) is 23.2 Å². The lowest BCUT2D eigenvalue weighted by molar-refractivity contribution is 0.239. The maximum absolute atomic E-state index is 5.91. The van der Waals surface area contributed by atoms with Crippen LogP contribution < -0.4 is 15.4 Å². The maximum atomic E-state index is 5.91. The smallest absolute Gasteiger partial charge is 0.191 e. The van der Waals surface area contributed by atoms with E-state index in [-0.39, 0.29) is 6.10 Å². The lowest BCUT2D eigenvalue weighted by Gasteiger charge is -2.18. The maximum Gasteiger partial charge on any atom is 0.191 e. The average molecular weight is 320 g/mol. The van der Waals surface area contributed by atoms with Crippen LogP contribution in [-0.2, 0) is 6.54 Å². The van der Waals surface area contributed by atoms with Crippen LogP contribution in [0.3, 0.4) is 0 Å². The normalized spacial score (nSPS) is 11.9. The summed E-state index contributed by atoms with van der Waals surface area (Å²) in [5, 5.41) is 6.68. The van der Waals surface area contributed by atoms with E-state index in [4.69, 9.17) is 4.74 Å². The van der Waals surface area contributed by atoms with Gasteiger partial charge in [0.15, 0.2) is 5.96 Å². The topological polar surface area (TPSA) is 48.9 Å². The number of nitrogens with zero attached hydrogens (tertiary/aromatic N) is 2. The number of guanidine groups is 1. The summed E-state index contributed by atoms with van der Waals surface area (Å²) in [6.07, 6.45) is 0.164. The van der Waals surface area contributed by atoms with E-state index < -0.39 is 0 Å². The van der Waals surface area contributed by atoms with Crippen molar-refractivity contribution in [2.24, 2.45) is 4.99 Å². The van der Waals surface area contributed by atoms with Gasteiger partial charge in [-0.25, -0.2) is 0 Å². The van der Waals surface area contributed by atoms with Crippen LogP contribution in [0, 0.1) is 6.92 Å². The number of rotatable bonds is 8. The molecule has 5 nitrogen and oxygen atoms in total. The zero-order chi connectivity index (χ0) is 17.2. The van der Waals surface area contributed by atoms with Crippen molar-refractivity contribution in [1.82, 2.24) is 15.5 Å². The van der Waals surface area contributed by atoms with Gasteiger partial charge in [0.1, 0.15) is 5.75 Å². The lowest BCUT2D eigenvalue weighted by Crippen LogP contribution is -2.40. The first-order valence-electron chi connectivity index (χ1n) is 8.35. The van der Waals surface area contributed by atoms with Crippen LogP contribution in [-0.4, -0.2) is 50.7 Å². The number of nitrogens with one attached hydrogen (secondary N) is 2. The van der Waals surface area contributed by atoms with Crippen LogP contribution >= 0.6 is 0 Å². The van der Waals surface area contributed by atoms with Crippen LogP contribution in [0.2, 0.25) is 0 Å². The summed E-state index contributed by atoms with van der Waals surface area (Å²) < 4.78 is 5.91. The molecule has 1 aromatic rings. The first kappa shape index (κ1) is 19.3. The average Bonchev–Trinajstić information content (AvgIpc) is 2.51. The molecule has 2 N–H and O–H groups in total. The van der Waals surface area contributed by atoms with Crippen molar-refractivity contribution in [3.05, 3.63) is 29.3 Å². The Labute approximate surface area is 141 Å². The molecule has 0 saturated carbocycles. The van der Waals surface area contributed by atoms with Gasteiger partial charge in [-0.05, 0) is 46.0 Å². The van der Waals surface area contributed by atoms with Gasteiger partial charge in [-0.15, -0.1) is 0 Å². The molecule has 1 rings (SSSR count). The molecule has 5 heteroatoms. The van der Waals surface area contributed by atoms with E-state index in [9.17, 15) is 0 Å². The van der Waals surface area contributed by atoms with Crippen molar-refractivity contribution in [3.8, 4) is 5.75 Å². The molecule has 0 atom stereocenters. The third-order valence-electron chi connectivity index (χ3n) is 3.58. The Kier molecular flexibility index (Phi) is 8.48. The number of benzene rings is 1. The van der Waals surface area contributed by atoms with Gasteiger partial charge in [0.25, 0.3) is 0 Å². The Morgan fingerprint density at radius 2 is 2.04 bits per heavy atom. The number of ether oxygens (including phenoxy) is 1. The second-order valence-electron chi connectivity index (χ2n) is 6.03. The summed E-state index contributed by atoms with van der Waals surface area (Å²) in [7, 11) is 3.90. The molecule has 0 aromatic heterocycles. The Balaban J connectivity index is 2.58. The standard InChI is InChI=1S/C18H32N4O/c1-7-22(6)11-10-20-18(19-5)21-13-16-9-8-15(4)12-17(16)23-14(2)3/h8-9,12,14H,7,10-11,13H2,1-6H3,(H2,19,20,21). The van der Waals surface area contributed by atoms with Gasteiger partial charge in [0.05, 0.1) is 6.10 Å². The second kappa shape index (κ2) is 10.1. The van der Waals surface area contributed by atoms with Gasteiger partial charge in [0, 0.05) is 32.2 Å². The van der Waals surface area contributed by atoms with Crippen molar-refractivity contribution in [1.29, 1.82) is 0 Å². The highest BCUT2D eigenvalue weighted by Crippen LogP contribution is 2.21. The van der Waals surface area contributed by atoms with Crippen LogP contribution in [0.5, 0.6) is 5.75 Å². The monoisotopic (exact) mass is 320 g/mol. The molecule has 0 heterocycles. The largest absolute Gasteiger partial charge is 0.491 e. The fourth-order valence-electron chi connectivity index (χ4n) is 2.09. The van der Waals surface area contributed by atoms with Crippen molar-refractivity contribution in [2.45, 2.75) is 40.3 Å². The van der Waals surface area contributed by atoms with Gasteiger partial charge in [0.2, 0.25) is 0 Å². The van der Waals surface area contributed by atoms with E-state index in [1.54, 1.807) is 7.05 Å². The van der Waals surface area contributed by atoms with E-state index >= 15 is 0 Å². The zero-order valence-corrected chi connectivity index (χ0v) is 15.4. The molecule has 0 aliphatic carbocycles. The van der Waals surface area contributed by atoms with Crippen LogP contribution in [0.4, 0.5) is 0 Å². The molecule has 0 radical (unpaired) electrons. The molecular weight excluding hydrogens is 288 g/mol. The van der Waals surface area contributed by atoms with Crippen molar-refractivity contribution in [2.75, 3.05) is 33.7 Å². The van der Waals surface area contributed by atoms with E-state index in [1.807, 2.05) is 13.8 Å². The van der Waals surface area contributed by atoms with Gasteiger partial charge >= 0.3 is 0 Å². The highest BCUT2D eigenvalue weighted by atomic mass is 16.5. The van der Waals surface area contributed by atoms with E-state index in [2.05, 4.69) is 59.6 Å². The summed E-state index contributed by atoms with van der Waals surface area (Å²) in [6, 6.07) is 6.30. The third-order valence-corrected chi connectivity index (χ3v) is 3.58. The second-order valence-corrected chi connectivity index (χ2v) is 6.03. The molecule has 0 amide bonds. The molecule has 1 aromatic carbocycles. The van der Waals surface area contributed by atoms with E-state index in [0.29, 0.717) is 6.54 Å². The van der Waals surface area contributed by atoms with Gasteiger partial charge < -0.3 is 20.3 Å². The SMILES string of the molecule is CCN(C)CCNC(=NC)NCc1ccc(C)cc1OC(C)C. The lowest BCUT2D eigenvalue weighted by atomic mass is 10.1. The van der Waals surface area contributed by atoms with Gasteiger partial charge in [-0.1, -0.05) is 19.1 Å². The minimum absolute atomic E-state index is 0.164. The number of aliphatic imine (C=N–C) groups is 1. The Morgan fingerprint density at radius 1 is 1.30 bits per heavy atom. The highest BCUT2D eigenvalue weighted by molar-refractivity contribution is 5.79. The number of likely N-dealkylation sites (N-methyl/N-ethyl adjacent to an activating group) is 1. The van der Waals surface area contributed by atoms with Crippen LogP contribution in [0.1, 0.15) is 31.9 Å². The Hall–Kier alpha value is -1.75. The molecule has 130 valence electrons. The third kappa shape index (κ3) is 7.37. The molecule has 0 bridgehead atoms. The molecule has 0 unspecified atom stereocenters. The number of aryl methyl sites for hydroxylation is 1. The summed E-state index contributed by atoms with van der Waals surface area (Å²) in [5.41, 5.74) is 2.34. The van der Waals surface area contributed by atoms with E-state index in [0.717, 1.165) is 36.9 Å². The van der Waals surface area contributed by atoms with Crippen molar-refractivity contribution in [3.63, 3.8) is 0 Å². The Bertz CT molecular complexity index is 500. The predicted octanol–water partition coefficient (Wildman–Crippen LogP) is 2.40. The first-order valence-corrected chi connectivity index (χ1v) is 8.35. The molecular formula is C18H32N4O.